The van der Waals surface area contributed by atoms with Crippen LogP contribution >= 0.6 is 27.5 Å². The lowest BCUT2D eigenvalue weighted by Crippen LogP contribution is -2.22. The number of nitrogens with one attached hydrogen (secondary N) is 1. The van der Waals surface area contributed by atoms with Crippen LogP contribution in [0.5, 0.6) is 0 Å². The van der Waals surface area contributed by atoms with Crippen LogP contribution in [0.15, 0.2) is 46.9 Å². The van der Waals surface area contributed by atoms with Crippen molar-refractivity contribution >= 4 is 33.4 Å². The second-order valence-electron chi connectivity index (χ2n) is 4.29. The highest BCUT2D eigenvalue weighted by Gasteiger charge is 2.07. The highest BCUT2D eigenvalue weighted by atomic mass is 79.9. The van der Waals surface area contributed by atoms with Crippen molar-refractivity contribution in [3.8, 4) is 0 Å². The van der Waals surface area contributed by atoms with E-state index in [1.807, 2.05) is 24.3 Å². The molecule has 0 aliphatic heterocycles. The van der Waals surface area contributed by atoms with Crippen molar-refractivity contribution in [2.75, 3.05) is 0 Å². The average molecular weight is 355 g/mol. The lowest BCUT2D eigenvalue weighted by molar-refractivity contribution is 0.0951. The molecule has 0 unspecified atom stereocenters. The maximum atomic E-state index is 12.0. The van der Waals surface area contributed by atoms with Gasteiger partial charge in [-0.3, -0.25) is 4.79 Å². The molecule has 2 rings (SSSR count). The molecule has 3 nitrogen and oxygen atoms in total. The molecule has 104 valence electrons. The van der Waals surface area contributed by atoms with Crippen molar-refractivity contribution in [3.63, 3.8) is 0 Å². The topological polar surface area (TPSA) is 49.3 Å². The molecule has 1 amide bonds. The van der Waals surface area contributed by atoms with Crippen molar-refractivity contribution in [1.82, 2.24) is 5.32 Å². The summed E-state index contributed by atoms with van der Waals surface area (Å²) in [5.41, 5.74) is 2.27. The van der Waals surface area contributed by atoms with Crippen LogP contribution in [0.4, 0.5) is 0 Å². The Morgan fingerprint density at radius 2 is 1.95 bits per heavy atom. The van der Waals surface area contributed by atoms with Gasteiger partial charge in [-0.05, 0) is 45.3 Å². The number of hydrogen-bond donors (Lipinski definition) is 2. The first-order chi connectivity index (χ1) is 9.60. The second-order valence-corrected chi connectivity index (χ2v) is 5.55. The van der Waals surface area contributed by atoms with Crippen molar-refractivity contribution in [2.24, 2.45) is 0 Å². The molecule has 0 aliphatic rings. The Bertz CT molecular complexity index is 631. The minimum Gasteiger partial charge on any atom is -0.392 e. The summed E-state index contributed by atoms with van der Waals surface area (Å²) in [5, 5.41) is 12.4. The average Bonchev–Trinajstić information content (AvgIpc) is 2.47. The maximum absolute atomic E-state index is 12.0. The highest BCUT2D eigenvalue weighted by molar-refractivity contribution is 9.10. The fraction of sp³-hybridized carbons (Fsp3) is 0.133. The van der Waals surface area contributed by atoms with E-state index in [1.165, 1.54) is 0 Å². The molecule has 20 heavy (non-hydrogen) atoms. The molecule has 0 aliphatic carbocycles. The fourth-order valence-electron chi connectivity index (χ4n) is 1.76. The van der Waals surface area contributed by atoms with Gasteiger partial charge >= 0.3 is 0 Å². The second kappa shape index (κ2) is 6.88. The molecule has 0 saturated carbocycles. The molecule has 0 atom stereocenters. The van der Waals surface area contributed by atoms with Gasteiger partial charge < -0.3 is 10.4 Å². The van der Waals surface area contributed by atoms with Gasteiger partial charge in [-0.15, -0.1) is 0 Å². The smallest absolute Gasteiger partial charge is 0.251 e. The van der Waals surface area contributed by atoms with E-state index in [-0.39, 0.29) is 12.5 Å². The third-order valence-electron chi connectivity index (χ3n) is 2.81. The van der Waals surface area contributed by atoms with E-state index in [4.69, 9.17) is 16.7 Å². The quantitative estimate of drug-likeness (QED) is 0.882. The first kappa shape index (κ1) is 15.0. The van der Waals surface area contributed by atoms with Crippen LogP contribution in [-0.4, -0.2) is 11.0 Å². The molecule has 0 aromatic heterocycles. The first-order valence-electron chi connectivity index (χ1n) is 6.02. The number of benzene rings is 2. The maximum Gasteiger partial charge on any atom is 0.251 e. The van der Waals surface area contributed by atoms with Crippen molar-refractivity contribution in [1.29, 1.82) is 0 Å². The van der Waals surface area contributed by atoms with Crippen molar-refractivity contribution < 1.29 is 9.90 Å². The van der Waals surface area contributed by atoms with E-state index in [0.29, 0.717) is 17.1 Å². The summed E-state index contributed by atoms with van der Waals surface area (Å²) in [6.07, 6.45) is 0. The van der Waals surface area contributed by atoms with E-state index < -0.39 is 0 Å². The Hall–Kier alpha value is -1.36. The molecule has 0 spiro atoms. The van der Waals surface area contributed by atoms with Crippen LogP contribution in [0.2, 0.25) is 5.02 Å². The third kappa shape index (κ3) is 3.82. The molecule has 0 saturated heterocycles. The fourth-order valence-corrected chi connectivity index (χ4v) is 2.19. The molecule has 0 fully saturated rings. The van der Waals surface area contributed by atoms with E-state index in [0.717, 1.165) is 15.6 Å². The molecule has 2 aromatic rings. The third-order valence-corrected chi connectivity index (χ3v) is 4.04. The number of hydrogen-bond acceptors (Lipinski definition) is 2. The van der Waals surface area contributed by atoms with E-state index in [9.17, 15) is 4.79 Å². The summed E-state index contributed by atoms with van der Waals surface area (Å²) < 4.78 is 0.756. The summed E-state index contributed by atoms with van der Waals surface area (Å²) >= 11 is 9.24. The largest absolute Gasteiger partial charge is 0.392 e. The number of aliphatic hydroxyl groups is 1. The lowest BCUT2D eigenvalue weighted by Gasteiger charge is -2.07. The molecule has 2 N–H and O–H groups in total. The van der Waals surface area contributed by atoms with Gasteiger partial charge in [-0.2, -0.15) is 0 Å². The highest BCUT2D eigenvalue weighted by Crippen LogP contribution is 2.23. The van der Waals surface area contributed by atoms with Crippen molar-refractivity contribution in [2.45, 2.75) is 13.2 Å². The summed E-state index contributed by atoms with van der Waals surface area (Å²) in [6.45, 7) is 0.393. The van der Waals surface area contributed by atoms with E-state index in [2.05, 4.69) is 21.2 Å². The molecule has 5 heteroatoms. The standard InChI is InChI=1S/C15H13BrClNO2/c16-13-5-4-12(7-14(13)17)15(20)18-8-10-2-1-3-11(6-10)9-19/h1-7,19H,8-9H2,(H,18,20). The van der Waals surface area contributed by atoms with E-state index in [1.54, 1.807) is 18.2 Å². The number of carbonyl (C=O) groups excluding carboxylic acids is 1. The predicted octanol–water partition coefficient (Wildman–Crippen LogP) is 3.52. The van der Waals surface area contributed by atoms with E-state index >= 15 is 0 Å². The number of halogens is 2. The number of rotatable bonds is 4. The Labute approximate surface area is 130 Å². The van der Waals surface area contributed by atoms with Gasteiger partial charge in [0.25, 0.3) is 5.91 Å². The van der Waals surface area contributed by atoms with Crippen LogP contribution in [0.3, 0.4) is 0 Å². The summed E-state index contributed by atoms with van der Waals surface area (Å²) in [5.74, 6) is -0.186. The zero-order valence-corrected chi connectivity index (χ0v) is 12.9. The Kier molecular flexibility index (Phi) is 5.17. The minimum absolute atomic E-state index is 0.00981. The van der Waals surface area contributed by atoms with Gasteiger partial charge in [-0.25, -0.2) is 0 Å². The van der Waals surface area contributed by atoms with Gasteiger partial charge in [0.1, 0.15) is 0 Å². The van der Waals surface area contributed by atoms with Crippen LogP contribution in [0, 0.1) is 0 Å². The molecular weight excluding hydrogens is 342 g/mol. The lowest BCUT2D eigenvalue weighted by atomic mass is 10.1. The molecular formula is C15H13BrClNO2. The summed E-state index contributed by atoms with van der Waals surface area (Å²) in [6, 6.07) is 12.5. The van der Waals surface area contributed by atoms with Gasteiger partial charge in [0.05, 0.1) is 11.6 Å². The predicted molar refractivity (Wildman–Crippen MR) is 82.7 cm³/mol. The molecule has 0 heterocycles. The van der Waals surface area contributed by atoms with Gasteiger partial charge in [0.15, 0.2) is 0 Å². The monoisotopic (exact) mass is 353 g/mol. The molecule has 0 bridgehead atoms. The van der Waals surface area contributed by atoms with Gasteiger partial charge in [-0.1, -0.05) is 35.9 Å². The molecule has 0 radical (unpaired) electrons. The zero-order chi connectivity index (χ0) is 14.5. The van der Waals surface area contributed by atoms with Gasteiger partial charge in [0.2, 0.25) is 0 Å². The minimum atomic E-state index is -0.186. The zero-order valence-electron chi connectivity index (χ0n) is 10.6. The number of aliphatic hydroxyl groups excluding tert-OH is 1. The van der Waals surface area contributed by atoms with Crippen LogP contribution in [-0.2, 0) is 13.2 Å². The molecule has 2 aromatic carbocycles. The normalized spacial score (nSPS) is 10.3. The van der Waals surface area contributed by atoms with Crippen LogP contribution in [0.25, 0.3) is 0 Å². The van der Waals surface area contributed by atoms with Gasteiger partial charge in [0, 0.05) is 16.6 Å². The summed E-state index contributed by atoms with van der Waals surface area (Å²) in [4.78, 5) is 12.0. The van der Waals surface area contributed by atoms with Crippen molar-refractivity contribution in [3.05, 3.63) is 68.7 Å². The SMILES string of the molecule is O=C(NCc1cccc(CO)c1)c1ccc(Br)c(Cl)c1. The summed E-state index contributed by atoms with van der Waals surface area (Å²) in [7, 11) is 0. The Morgan fingerprint density at radius 3 is 2.65 bits per heavy atom. The number of amides is 1. The first-order valence-corrected chi connectivity index (χ1v) is 7.19. The Balaban J connectivity index is 2.02. The van der Waals surface area contributed by atoms with Crippen LogP contribution in [0.1, 0.15) is 21.5 Å². The number of carbonyl (C=O) groups is 1. The van der Waals surface area contributed by atoms with Crippen LogP contribution < -0.4 is 5.32 Å². The Morgan fingerprint density at radius 1 is 1.20 bits per heavy atom.